The number of hydrogen-bond donors (Lipinski definition) is 2. The van der Waals surface area contributed by atoms with Gasteiger partial charge in [0.25, 0.3) is 0 Å². The summed E-state index contributed by atoms with van der Waals surface area (Å²) in [5.41, 5.74) is 1.39. The Morgan fingerprint density at radius 2 is 1.89 bits per heavy atom. The topological polar surface area (TPSA) is 53.1 Å². The Morgan fingerprint density at radius 3 is 2.68 bits per heavy atom. The van der Waals surface area contributed by atoms with Crippen LogP contribution in [0.3, 0.4) is 0 Å². The van der Waals surface area contributed by atoms with Gasteiger partial charge in [0, 0.05) is 28.7 Å². The molecule has 4 heteroatoms. The number of ketones is 1. The Kier molecular flexibility index (Phi) is 2.56. The number of carbonyl (C=O) groups excluding carboxylic acids is 1. The number of H-pyrrole nitrogens is 1. The lowest BCUT2D eigenvalue weighted by Gasteiger charge is -2.03. The van der Waals surface area contributed by atoms with Crippen LogP contribution in [-0.4, -0.2) is 15.9 Å². The molecule has 0 saturated heterocycles. The second kappa shape index (κ2) is 4.24. The molecule has 0 atom stereocenters. The number of carbonyl (C=O) groups is 1. The molecular formula is C15H10FNO2. The van der Waals surface area contributed by atoms with Crippen molar-refractivity contribution in [2.45, 2.75) is 0 Å². The van der Waals surface area contributed by atoms with Gasteiger partial charge in [-0.25, -0.2) is 4.39 Å². The number of fused-ring (bicyclic) bond motifs is 1. The highest BCUT2D eigenvalue weighted by Gasteiger charge is 2.17. The van der Waals surface area contributed by atoms with E-state index in [9.17, 15) is 14.3 Å². The average molecular weight is 255 g/mol. The van der Waals surface area contributed by atoms with Crippen molar-refractivity contribution in [3.05, 3.63) is 65.6 Å². The highest BCUT2D eigenvalue weighted by molar-refractivity contribution is 6.17. The molecule has 3 aromatic rings. The second-order valence-electron chi connectivity index (χ2n) is 4.24. The molecule has 0 unspecified atom stereocenters. The summed E-state index contributed by atoms with van der Waals surface area (Å²) in [4.78, 5) is 15.3. The predicted molar refractivity (Wildman–Crippen MR) is 69.8 cm³/mol. The second-order valence-corrected chi connectivity index (χ2v) is 4.24. The third-order valence-electron chi connectivity index (χ3n) is 3.04. The van der Waals surface area contributed by atoms with Gasteiger partial charge in [0.15, 0.2) is 5.78 Å². The molecule has 0 aliphatic heterocycles. The first-order valence-electron chi connectivity index (χ1n) is 5.76. The van der Waals surface area contributed by atoms with Gasteiger partial charge >= 0.3 is 0 Å². The van der Waals surface area contributed by atoms with E-state index in [-0.39, 0.29) is 17.1 Å². The molecular weight excluding hydrogens is 245 g/mol. The molecule has 19 heavy (non-hydrogen) atoms. The number of para-hydroxylation sites is 1. The number of halogens is 1. The van der Waals surface area contributed by atoms with Crippen molar-refractivity contribution in [3.63, 3.8) is 0 Å². The molecule has 0 spiro atoms. The number of rotatable bonds is 2. The predicted octanol–water partition coefficient (Wildman–Crippen LogP) is 3.24. The van der Waals surface area contributed by atoms with Gasteiger partial charge in [0.1, 0.15) is 11.6 Å². The van der Waals surface area contributed by atoms with Gasteiger partial charge in [0.05, 0.1) is 5.56 Å². The van der Waals surface area contributed by atoms with E-state index in [1.54, 1.807) is 6.20 Å². The molecule has 3 rings (SSSR count). The summed E-state index contributed by atoms with van der Waals surface area (Å²) < 4.78 is 12.9. The normalized spacial score (nSPS) is 10.8. The fraction of sp³-hybridized carbons (Fsp3) is 0. The molecule has 94 valence electrons. The van der Waals surface area contributed by atoms with Crippen molar-refractivity contribution in [3.8, 4) is 5.75 Å². The van der Waals surface area contributed by atoms with Crippen LogP contribution >= 0.6 is 0 Å². The molecule has 0 radical (unpaired) electrons. The standard InChI is InChI=1S/C15H10FNO2/c16-9-5-6-11(14(18)7-9)15(19)12-8-17-13-4-2-1-3-10(12)13/h1-8,17-18H. The third-order valence-corrected chi connectivity index (χ3v) is 3.04. The number of phenolic OH excluding ortho intramolecular Hbond substituents is 1. The molecule has 0 fully saturated rings. The Morgan fingerprint density at radius 1 is 1.11 bits per heavy atom. The summed E-state index contributed by atoms with van der Waals surface area (Å²) in [6, 6.07) is 10.7. The SMILES string of the molecule is O=C(c1ccc(F)cc1O)c1c[nH]c2ccccc12. The fourth-order valence-corrected chi connectivity index (χ4v) is 2.10. The van der Waals surface area contributed by atoms with E-state index in [1.165, 1.54) is 6.07 Å². The molecule has 2 aromatic carbocycles. The van der Waals surface area contributed by atoms with Crippen molar-refractivity contribution in [1.82, 2.24) is 4.98 Å². The largest absolute Gasteiger partial charge is 0.507 e. The molecule has 0 aliphatic carbocycles. The first kappa shape index (κ1) is 11.5. The monoisotopic (exact) mass is 255 g/mol. The zero-order valence-electron chi connectivity index (χ0n) is 9.85. The minimum Gasteiger partial charge on any atom is -0.507 e. The average Bonchev–Trinajstić information content (AvgIpc) is 2.82. The van der Waals surface area contributed by atoms with Crippen LogP contribution in [0.1, 0.15) is 15.9 Å². The fourth-order valence-electron chi connectivity index (χ4n) is 2.10. The Labute approximate surface area is 108 Å². The summed E-state index contributed by atoms with van der Waals surface area (Å²) in [5.74, 6) is -1.27. The quantitative estimate of drug-likeness (QED) is 0.691. The van der Waals surface area contributed by atoms with Crippen molar-refractivity contribution >= 4 is 16.7 Å². The van der Waals surface area contributed by atoms with Crippen LogP contribution in [0.4, 0.5) is 4.39 Å². The number of hydrogen-bond acceptors (Lipinski definition) is 2. The molecule has 3 nitrogen and oxygen atoms in total. The minimum absolute atomic E-state index is 0.0890. The number of benzene rings is 2. The van der Waals surface area contributed by atoms with Crippen molar-refractivity contribution < 1.29 is 14.3 Å². The zero-order chi connectivity index (χ0) is 13.4. The van der Waals surface area contributed by atoms with Crippen LogP contribution in [0.15, 0.2) is 48.7 Å². The Hall–Kier alpha value is -2.62. The van der Waals surface area contributed by atoms with E-state index in [0.717, 1.165) is 23.0 Å². The molecule has 1 heterocycles. The first-order chi connectivity index (χ1) is 9.16. The molecule has 0 bridgehead atoms. The van der Waals surface area contributed by atoms with Gasteiger partial charge in [0.2, 0.25) is 0 Å². The molecule has 1 aromatic heterocycles. The Balaban J connectivity index is 2.13. The van der Waals surface area contributed by atoms with Crippen LogP contribution < -0.4 is 0 Å². The van der Waals surface area contributed by atoms with E-state index < -0.39 is 5.82 Å². The van der Waals surface area contributed by atoms with Gasteiger partial charge in [-0.3, -0.25) is 4.79 Å². The minimum atomic E-state index is -0.576. The van der Waals surface area contributed by atoms with E-state index in [4.69, 9.17) is 0 Å². The van der Waals surface area contributed by atoms with Gasteiger partial charge in [-0.1, -0.05) is 18.2 Å². The van der Waals surface area contributed by atoms with E-state index >= 15 is 0 Å². The molecule has 0 aliphatic rings. The van der Waals surface area contributed by atoms with E-state index in [0.29, 0.717) is 5.56 Å². The summed E-state index contributed by atoms with van der Waals surface area (Å²) in [5, 5.41) is 10.4. The highest BCUT2D eigenvalue weighted by Crippen LogP contribution is 2.25. The summed E-state index contributed by atoms with van der Waals surface area (Å²) >= 11 is 0. The van der Waals surface area contributed by atoms with Crippen LogP contribution in [0, 0.1) is 5.82 Å². The van der Waals surface area contributed by atoms with Crippen LogP contribution in [-0.2, 0) is 0 Å². The van der Waals surface area contributed by atoms with Crippen LogP contribution in [0.25, 0.3) is 10.9 Å². The summed E-state index contributed by atoms with van der Waals surface area (Å²) in [6.07, 6.45) is 1.59. The lowest BCUT2D eigenvalue weighted by atomic mass is 10.0. The maximum absolute atomic E-state index is 12.9. The summed E-state index contributed by atoms with van der Waals surface area (Å²) in [7, 11) is 0. The Bertz CT molecular complexity index is 777. The maximum atomic E-state index is 12.9. The molecule has 2 N–H and O–H groups in total. The number of aromatic amines is 1. The van der Waals surface area contributed by atoms with E-state index in [2.05, 4.69) is 4.98 Å². The first-order valence-corrected chi connectivity index (χ1v) is 5.76. The number of aromatic hydroxyl groups is 1. The number of nitrogens with one attached hydrogen (secondary N) is 1. The van der Waals surface area contributed by atoms with Gasteiger partial charge in [-0.05, 0) is 18.2 Å². The van der Waals surface area contributed by atoms with E-state index in [1.807, 2.05) is 24.3 Å². The number of phenols is 1. The molecule has 0 saturated carbocycles. The van der Waals surface area contributed by atoms with Crippen molar-refractivity contribution in [2.24, 2.45) is 0 Å². The zero-order valence-corrected chi connectivity index (χ0v) is 9.85. The lowest BCUT2D eigenvalue weighted by molar-refractivity contribution is 0.103. The summed E-state index contributed by atoms with van der Waals surface area (Å²) in [6.45, 7) is 0. The maximum Gasteiger partial charge on any atom is 0.198 e. The van der Waals surface area contributed by atoms with Crippen LogP contribution in [0.5, 0.6) is 5.75 Å². The van der Waals surface area contributed by atoms with Gasteiger partial charge < -0.3 is 10.1 Å². The number of aromatic nitrogens is 1. The van der Waals surface area contributed by atoms with Gasteiger partial charge in [-0.15, -0.1) is 0 Å². The van der Waals surface area contributed by atoms with Crippen molar-refractivity contribution in [1.29, 1.82) is 0 Å². The third kappa shape index (κ3) is 1.87. The van der Waals surface area contributed by atoms with Crippen molar-refractivity contribution in [2.75, 3.05) is 0 Å². The lowest BCUT2D eigenvalue weighted by Crippen LogP contribution is -2.01. The smallest absolute Gasteiger partial charge is 0.198 e. The molecule has 0 amide bonds. The highest BCUT2D eigenvalue weighted by atomic mass is 19.1. The van der Waals surface area contributed by atoms with Gasteiger partial charge in [-0.2, -0.15) is 0 Å². The van der Waals surface area contributed by atoms with Crippen LogP contribution in [0.2, 0.25) is 0 Å².